The Balaban J connectivity index is 3.36. The molecule has 0 aromatic heterocycles. The molecule has 0 amide bonds. The van der Waals surface area contributed by atoms with Gasteiger partial charge < -0.3 is 4.74 Å². The Morgan fingerprint density at radius 2 is 1.90 bits per heavy atom. The van der Waals surface area contributed by atoms with Gasteiger partial charge in [-0.3, -0.25) is 4.79 Å². The Kier molecular flexibility index (Phi) is 4.56. The van der Waals surface area contributed by atoms with Gasteiger partial charge in [0, 0.05) is 11.8 Å². The van der Waals surface area contributed by atoms with E-state index in [9.17, 15) is 18.5 Å². The molecule has 6 heteroatoms. The SMILES string of the molecule is COc1ccccc1C(C#N)C(=O)C(C)(C)S(C)(=O)=O. The Labute approximate surface area is 119 Å². The fourth-order valence-electron chi connectivity index (χ4n) is 1.70. The van der Waals surface area contributed by atoms with E-state index in [1.54, 1.807) is 24.3 Å². The quantitative estimate of drug-likeness (QED) is 0.825. The lowest BCUT2D eigenvalue weighted by molar-refractivity contribution is -0.121. The second kappa shape index (κ2) is 5.63. The average molecular weight is 295 g/mol. The molecule has 0 N–H and O–H groups in total. The molecule has 0 fully saturated rings. The largest absolute Gasteiger partial charge is 0.496 e. The first kappa shape index (κ1) is 16.2. The van der Waals surface area contributed by atoms with Gasteiger partial charge in [-0.05, 0) is 19.9 Å². The van der Waals surface area contributed by atoms with Crippen molar-refractivity contribution in [2.45, 2.75) is 24.5 Å². The second-order valence-electron chi connectivity index (χ2n) is 4.95. The van der Waals surface area contributed by atoms with E-state index in [1.165, 1.54) is 21.0 Å². The standard InChI is InChI=1S/C14H17NO4S/c1-14(2,20(4,17)18)13(16)11(9-15)10-7-5-6-8-12(10)19-3/h5-8,11H,1-4H3. The van der Waals surface area contributed by atoms with Crippen molar-refractivity contribution in [3.05, 3.63) is 29.8 Å². The number of sulfone groups is 1. The van der Waals surface area contributed by atoms with E-state index in [4.69, 9.17) is 4.74 Å². The van der Waals surface area contributed by atoms with Gasteiger partial charge >= 0.3 is 0 Å². The van der Waals surface area contributed by atoms with Gasteiger partial charge in [0.25, 0.3) is 0 Å². The van der Waals surface area contributed by atoms with Gasteiger partial charge in [0.1, 0.15) is 16.4 Å². The summed E-state index contributed by atoms with van der Waals surface area (Å²) in [5.74, 6) is -1.46. The van der Waals surface area contributed by atoms with E-state index in [-0.39, 0.29) is 0 Å². The minimum absolute atomic E-state index is 0.374. The van der Waals surface area contributed by atoms with Crippen molar-refractivity contribution < 1.29 is 17.9 Å². The molecule has 1 rings (SSSR count). The molecule has 5 nitrogen and oxygen atoms in total. The van der Waals surface area contributed by atoms with Crippen LogP contribution in [0.5, 0.6) is 5.75 Å². The number of ketones is 1. The summed E-state index contributed by atoms with van der Waals surface area (Å²) in [4.78, 5) is 12.5. The molecule has 1 atom stereocenters. The first-order valence-electron chi connectivity index (χ1n) is 5.93. The molecule has 0 heterocycles. The Morgan fingerprint density at radius 3 is 2.35 bits per heavy atom. The molecule has 1 aromatic rings. The molecular weight excluding hydrogens is 278 g/mol. The second-order valence-corrected chi connectivity index (χ2v) is 7.52. The molecule has 0 bridgehead atoms. The van der Waals surface area contributed by atoms with Crippen molar-refractivity contribution in [3.8, 4) is 11.8 Å². The fourth-order valence-corrected chi connectivity index (χ4v) is 2.19. The summed E-state index contributed by atoms with van der Waals surface area (Å²) in [6.07, 6.45) is 0.988. The van der Waals surface area contributed by atoms with E-state index < -0.39 is 26.3 Å². The molecule has 1 unspecified atom stereocenters. The van der Waals surface area contributed by atoms with E-state index in [0.717, 1.165) is 6.26 Å². The van der Waals surface area contributed by atoms with Gasteiger partial charge in [0.15, 0.2) is 15.6 Å². The Morgan fingerprint density at radius 1 is 1.35 bits per heavy atom. The van der Waals surface area contributed by atoms with Crippen LogP contribution < -0.4 is 4.74 Å². The number of benzene rings is 1. The number of methoxy groups -OCH3 is 1. The Hall–Kier alpha value is -1.87. The molecule has 20 heavy (non-hydrogen) atoms. The van der Waals surface area contributed by atoms with Gasteiger partial charge in [-0.15, -0.1) is 0 Å². The summed E-state index contributed by atoms with van der Waals surface area (Å²) in [5, 5.41) is 9.28. The topological polar surface area (TPSA) is 84.2 Å². The molecule has 108 valence electrons. The number of hydrogen-bond donors (Lipinski definition) is 0. The molecule has 0 spiro atoms. The maximum atomic E-state index is 12.5. The smallest absolute Gasteiger partial charge is 0.175 e. The van der Waals surface area contributed by atoms with E-state index in [0.29, 0.717) is 11.3 Å². The van der Waals surface area contributed by atoms with Gasteiger partial charge in [0.2, 0.25) is 0 Å². The minimum atomic E-state index is -3.63. The first-order valence-corrected chi connectivity index (χ1v) is 7.82. The van der Waals surface area contributed by atoms with Gasteiger partial charge in [-0.1, -0.05) is 18.2 Å². The zero-order chi connectivity index (χ0) is 15.6. The zero-order valence-electron chi connectivity index (χ0n) is 11.9. The molecule has 1 aromatic carbocycles. The lowest BCUT2D eigenvalue weighted by Crippen LogP contribution is -2.42. The third kappa shape index (κ3) is 2.83. The maximum absolute atomic E-state index is 12.5. The number of para-hydroxylation sites is 1. The van der Waals surface area contributed by atoms with Crippen molar-refractivity contribution >= 4 is 15.6 Å². The van der Waals surface area contributed by atoms with Crippen molar-refractivity contribution in [2.24, 2.45) is 0 Å². The predicted molar refractivity (Wildman–Crippen MR) is 75.3 cm³/mol. The first-order chi connectivity index (χ1) is 9.16. The third-order valence-electron chi connectivity index (χ3n) is 3.36. The summed E-state index contributed by atoms with van der Waals surface area (Å²) in [5.41, 5.74) is 0.374. The Bertz CT molecular complexity index is 656. The number of carbonyl (C=O) groups excluding carboxylic acids is 1. The van der Waals surface area contributed by atoms with Crippen LogP contribution in [-0.4, -0.2) is 32.3 Å². The van der Waals surface area contributed by atoms with Crippen molar-refractivity contribution in [2.75, 3.05) is 13.4 Å². The van der Waals surface area contributed by atoms with Crippen LogP contribution in [0.4, 0.5) is 0 Å². The van der Waals surface area contributed by atoms with Crippen molar-refractivity contribution in [1.29, 1.82) is 5.26 Å². The van der Waals surface area contributed by atoms with Gasteiger partial charge in [-0.2, -0.15) is 5.26 Å². The van der Waals surface area contributed by atoms with Gasteiger partial charge in [-0.25, -0.2) is 8.42 Å². The summed E-state index contributed by atoms with van der Waals surface area (Å²) in [6.45, 7) is 2.62. The number of rotatable bonds is 5. The lowest BCUT2D eigenvalue weighted by Gasteiger charge is -2.24. The molecule has 0 aliphatic heterocycles. The number of ether oxygens (including phenoxy) is 1. The highest BCUT2D eigenvalue weighted by Crippen LogP contribution is 2.32. The van der Waals surface area contributed by atoms with Crippen LogP contribution in [0.3, 0.4) is 0 Å². The van der Waals surface area contributed by atoms with Crippen molar-refractivity contribution in [3.63, 3.8) is 0 Å². The van der Waals surface area contributed by atoms with Crippen LogP contribution in [0.15, 0.2) is 24.3 Å². The van der Waals surface area contributed by atoms with E-state index in [1.807, 2.05) is 6.07 Å². The monoisotopic (exact) mass is 295 g/mol. The average Bonchev–Trinajstić information content (AvgIpc) is 2.38. The lowest BCUT2D eigenvalue weighted by atomic mass is 9.89. The van der Waals surface area contributed by atoms with E-state index >= 15 is 0 Å². The maximum Gasteiger partial charge on any atom is 0.175 e. The minimum Gasteiger partial charge on any atom is -0.496 e. The van der Waals surface area contributed by atoms with Gasteiger partial charge in [0.05, 0.1) is 13.2 Å². The normalized spacial score (nSPS) is 13.3. The molecule has 0 saturated heterocycles. The van der Waals surface area contributed by atoms with Crippen molar-refractivity contribution in [1.82, 2.24) is 0 Å². The molecular formula is C14H17NO4S. The van der Waals surface area contributed by atoms with Crippen LogP contribution in [0.1, 0.15) is 25.3 Å². The molecule has 0 radical (unpaired) electrons. The number of nitrogens with zero attached hydrogens (tertiary/aromatic N) is 1. The van der Waals surface area contributed by atoms with Crippen LogP contribution in [0, 0.1) is 11.3 Å². The molecule has 0 saturated carbocycles. The number of carbonyl (C=O) groups is 1. The third-order valence-corrected chi connectivity index (χ3v) is 5.42. The van der Waals surface area contributed by atoms with Crippen LogP contribution in [-0.2, 0) is 14.6 Å². The van der Waals surface area contributed by atoms with Crippen LogP contribution >= 0.6 is 0 Å². The highest BCUT2D eigenvalue weighted by Gasteiger charge is 2.43. The number of Topliss-reactive ketones (excluding diaryl/α,β-unsaturated/α-hetero) is 1. The summed E-state index contributed by atoms with van der Waals surface area (Å²) in [7, 11) is -2.20. The van der Waals surface area contributed by atoms with E-state index in [2.05, 4.69) is 0 Å². The zero-order valence-corrected chi connectivity index (χ0v) is 12.7. The fraction of sp³-hybridized carbons (Fsp3) is 0.429. The summed E-state index contributed by atoms with van der Waals surface area (Å²) < 4.78 is 27.0. The van der Waals surface area contributed by atoms with Crippen LogP contribution in [0.25, 0.3) is 0 Å². The number of hydrogen-bond acceptors (Lipinski definition) is 5. The van der Waals surface area contributed by atoms with Crippen LogP contribution in [0.2, 0.25) is 0 Å². The molecule has 0 aliphatic carbocycles. The highest BCUT2D eigenvalue weighted by molar-refractivity contribution is 7.92. The predicted octanol–water partition coefficient (Wildman–Crippen LogP) is 1.69. The molecule has 0 aliphatic rings. The highest BCUT2D eigenvalue weighted by atomic mass is 32.2. The summed E-state index contributed by atoms with van der Waals surface area (Å²) >= 11 is 0. The number of nitriles is 1. The summed E-state index contributed by atoms with van der Waals surface area (Å²) in [6, 6.07) is 8.47.